The van der Waals surface area contributed by atoms with Crippen molar-refractivity contribution in [3.05, 3.63) is 24.3 Å². The number of benzene rings is 1. The quantitative estimate of drug-likeness (QED) is 0.741. The Kier molecular flexibility index (Phi) is 6.83. The molecule has 1 fully saturated rings. The van der Waals surface area contributed by atoms with Crippen molar-refractivity contribution >= 4 is 23.3 Å². The van der Waals surface area contributed by atoms with Crippen molar-refractivity contribution < 1.29 is 14.3 Å². The molecule has 0 bridgehead atoms. The Labute approximate surface area is 136 Å². The van der Waals surface area contributed by atoms with Crippen molar-refractivity contribution in [3.8, 4) is 0 Å². The van der Waals surface area contributed by atoms with Gasteiger partial charge in [0, 0.05) is 44.0 Å². The minimum Gasteiger partial charge on any atom is -0.379 e. The van der Waals surface area contributed by atoms with Crippen molar-refractivity contribution in [2.24, 2.45) is 0 Å². The Balaban J connectivity index is 1.69. The number of carbonyl (C=O) groups is 2. The summed E-state index contributed by atoms with van der Waals surface area (Å²) in [4.78, 5) is 25.4. The van der Waals surface area contributed by atoms with E-state index in [1.54, 1.807) is 31.2 Å². The molecule has 0 aliphatic carbocycles. The topological polar surface area (TPSA) is 82.7 Å². The van der Waals surface area contributed by atoms with Crippen LogP contribution in [-0.4, -0.2) is 56.2 Å². The number of ether oxygens (including phenoxy) is 1. The van der Waals surface area contributed by atoms with Crippen molar-refractivity contribution in [2.45, 2.75) is 13.3 Å². The third kappa shape index (κ3) is 6.25. The van der Waals surface area contributed by atoms with E-state index in [2.05, 4.69) is 20.9 Å². The maximum Gasteiger partial charge on any atom is 0.319 e. The van der Waals surface area contributed by atoms with Gasteiger partial charge in [-0.1, -0.05) is 6.92 Å². The lowest BCUT2D eigenvalue weighted by Gasteiger charge is -2.26. The molecule has 23 heavy (non-hydrogen) atoms. The summed E-state index contributed by atoms with van der Waals surface area (Å²) in [5.41, 5.74) is 1.40. The summed E-state index contributed by atoms with van der Waals surface area (Å²) < 4.78 is 5.28. The van der Waals surface area contributed by atoms with E-state index < -0.39 is 0 Å². The molecule has 0 aromatic heterocycles. The van der Waals surface area contributed by atoms with Crippen LogP contribution in [0.3, 0.4) is 0 Å². The van der Waals surface area contributed by atoms with Gasteiger partial charge in [0.1, 0.15) is 0 Å². The Morgan fingerprint density at radius 2 is 1.70 bits per heavy atom. The number of rotatable bonds is 6. The average molecular weight is 320 g/mol. The number of anilines is 2. The first-order chi connectivity index (χ1) is 11.2. The van der Waals surface area contributed by atoms with Crippen molar-refractivity contribution in [1.29, 1.82) is 0 Å². The maximum atomic E-state index is 11.8. The number of nitrogens with zero attached hydrogens (tertiary/aromatic N) is 1. The van der Waals surface area contributed by atoms with Crippen molar-refractivity contribution in [2.75, 3.05) is 50.0 Å². The van der Waals surface area contributed by atoms with Crippen LogP contribution in [0.15, 0.2) is 24.3 Å². The van der Waals surface area contributed by atoms with Gasteiger partial charge in [-0.2, -0.15) is 0 Å². The second-order valence-electron chi connectivity index (χ2n) is 5.31. The van der Waals surface area contributed by atoms with Gasteiger partial charge in [-0.15, -0.1) is 0 Å². The lowest BCUT2D eigenvalue weighted by molar-refractivity contribution is -0.115. The van der Waals surface area contributed by atoms with Gasteiger partial charge in [0.15, 0.2) is 0 Å². The summed E-state index contributed by atoms with van der Waals surface area (Å²) in [6.45, 7) is 6.55. The molecule has 0 unspecified atom stereocenters. The van der Waals surface area contributed by atoms with Crippen LogP contribution in [0.4, 0.5) is 16.2 Å². The minimum absolute atomic E-state index is 0.0356. The van der Waals surface area contributed by atoms with Crippen LogP contribution in [0.25, 0.3) is 0 Å². The van der Waals surface area contributed by atoms with Crippen molar-refractivity contribution in [3.63, 3.8) is 0 Å². The summed E-state index contributed by atoms with van der Waals surface area (Å²) in [6, 6.07) is 6.80. The molecular formula is C16H24N4O3. The average Bonchev–Trinajstić information content (AvgIpc) is 2.57. The highest BCUT2D eigenvalue weighted by Crippen LogP contribution is 2.13. The molecule has 0 atom stereocenters. The van der Waals surface area contributed by atoms with E-state index in [0.717, 1.165) is 38.5 Å². The zero-order valence-corrected chi connectivity index (χ0v) is 13.4. The normalized spacial score (nSPS) is 15.0. The van der Waals surface area contributed by atoms with E-state index in [0.29, 0.717) is 18.7 Å². The molecule has 3 amide bonds. The van der Waals surface area contributed by atoms with E-state index in [-0.39, 0.29) is 11.9 Å². The molecule has 1 saturated heterocycles. The molecule has 0 radical (unpaired) electrons. The predicted molar refractivity (Wildman–Crippen MR) is 89.6 cm³/mol. The smallest absolute Gasteiger partial charge is 0.319 e. The number of nitrogens with one attached hydrogen (secondary N) is 3. The number of urea groups is 1. The van der Waals surface area contributed by atoms with Crippen LogP contribution in [0.5, 0.6) is 0 Å². The molecule has 1 aromatic carbocycles. The fourth-order valence-corrected chi connectivity index (χ4v) is 2.21. The summed E-state index contributed by atoms with van der Waals surface area (Å²) in [6.07, 6.45) is 0.436. The molecule has 126 valence electrons. The second-order valence-corrected chi connectivity index (χ2v) is 5.31. The molecule has 1 aromatic rings. The van der Waals surface area contributed by atoms with Gasteiger partial charge in [-0.25, -0.2) is 4.79 Å². The van der Waals surface area contributed by atoms with Crippen LogP contribution in [-0.2, 0) is 9.53 Å². The molecule has 7 nitrogen and oxygen atoms in total. The summed E-state index contributed by atoms with van der Waals surface area (Å²) in [5, 5.41) is 8.36. The molecular weight excluding hydrogens is 296 g/mol. The zero-order chi connectivity index (χ0) is 16.5. The van der Waals surface area contributed by atoms with Crippen molar-refractivity contribution in [1.82, 2.24) is 10.2 Å². The van der Waals surface area contributed by atoms with Gasteiger partial charge in [-0.05, 0) is 24.3 Å². The van der Waals surface area contributed by atoms with Gasteiger partial charge in [0.25, 0.3) is 0 Å². The second kappa shape index (κ2) is 9.12. The summed E-state index contributed by atoms with van der Waals surface area (Å²) >= 11 is 0. The Morgan fingerprint density at radius 1 is 1.09 bits per heavy atom. The fourth-order valence-electron chi connectivity index (χ4n) is 2.21. The standard InChI is InChI=1S/C16H24N4O3/c1-2-15(21)18-13-3-5-14(6-4-13)19-16(22)17-7-8-20-9-11-23-12-10-20/h3-6H,2,7-12H2,1H3,(H,18,21)(H2,17,19,22). The first kappa shape index (κ1) is 17.2. The molecule has 3 N–H and O–H groups in total. The van der Waals surface area contributed by atoms with Crippen LogP contribution < -0.4 is 16.0 Å². The molecule has 0 saturated carbocycles. The minimum atomic E-state index is -0.233. The highest BCUT2D eigenvalue weighted by Gasteiger charge is 2.10. The predicted octanol–water partition coefficient (Wildman–Crippen LogP) is 1.49. The Morgan fingerprint density at radius 3 is 2.30 bits per heavy atom. The first-order valence-electron chi connectivity index (χ1n) is 7.92. The summed E-state index contributed by atoms with van der Waals surface area (Å²) in [5.74, 6) is -0.0356. The maximum absolute atomic E-state index is 11.8. The van der Waals surface area contributed by atoms with Crippen LogP contribution in [0.2, 0.25) is 0 Å². The van der Waals surface area contributed by atoms with Gasteiger partial charge < -0.3 is 20.7 Å². The zero-order valence-electron chi connectivity index (χ0n) is 13.4. The monoisotopic (exact) mass is 320 g/mol. The van der Waals surface area contributed by atoms with E-state index >= 15 is 0 Å². The van der Waals surface area contributed by atoms with Crippen LogP contribution in [0.1, 0.15) is 13.3 Å². The molecule has 7 heteroatoms. The van der Waals surface area contributed by atoms with Crippen LogP contribution >= 0.6 is 0 Å². The Hall–Kier alpha value is -2.12. The molecule has 1 heterocycles. The third-order valence-corrected chi connectivity index (χ3v) is 3.56. The number of morpholine rings is 1. The number of amides is 3. The number of carbonyl (C=O) groups excluding carboxylic acids is 2. The highest BCUT2D eigenvalue weighted by atomic mass is 16.5. The fraction of sp³-hybridized carbons (Fsp3) is 0.500. The van der Waals surface area contributed by atoms with E-state index in [1.165, 1.54) is 0 Å². The molecule has 2 rings (SSSR count). The largest absolute Gasteiger partial charge is 0.379 e. The van der Waals surface area contributed by atoms with Gasteiger partial charge in [0.2, 0.25) is 5.91 Å². The molecule has 0 spiro atoms. The van der Waals surface area contributed by atoms with E-state index in [9.17, 15) is 9.59 Å². The third-order valence-electron chi connectivity index (χ3n) is 3.56. The van der Waals surface area contributed by atoms with Crippen LogP contribution in [0, 0.1) is 0 Å². The van der Waals surface area contributed by atoms with Gasteiger partial charge in [0.05, 0.1) is 13.2 Å². The number of hydrogen-bond acceptors (Lipinski definition) is 4. The van der Waals surface area contributed by atoms with Gasteiger partial charge >= 0.3 is 6.03 Å². The molecule has 1 aliphatic rings. The lowest BCUT2D eigenvalue weighted by Crippen LogP contribution is -2.42. The summed E-state index contributed by atoms with van der Waals surface area (Å²) in [7, 11) is 0. The Bertz CT molecular complexity index is 513. The van der Waals surface area contributed by atoms with E-state index in [1.807, 2.05) is 0 Å². The molecule has 1 aliphatic heterocycles. The highest BCUT2D eigenvalue weighted by molar-refractivity contribution is 5.92. The van der Waals surface area contributed by atoms with E-state index in [4.69, 9.17) is 4.74 Å². The first-order valence-corrected chi connectivity index (χ1v) is 7.92. The SMILES string of the molecule is CCC(=O)Nc1ccc(NC(=O)NCCN2CCOCC2)cc1. The number of hydrogen-bond donors (Lipinski definition) is 3. The van der Waals surface area contributed by atoms with Gasteiger partial charge in [-0.3, -0.25) is 9.69 Å². The lowest BCUT2D eigenvalue weighted by atomic mass is 10.2.